The number of benzene rings is 1. The molecule has 0 saturated heterocycles. The van der Waals surface area contributed by atoms with E-state index in [1.807, 2.05) is 0 Å². The molecule has 102 valence electrons. The van der Waals surface area contributed by atoms with Gasteiger partial charge in [-0.2, -0.15) is 0 Å². The van der Waals surface area contributed by atoms with Crippen molar-refractivity contribution in [2.75, 3.05) is 7.11 Å². The Bertz CT molecular complexity index is 673. The Morgan fingerprint density at radius 3 is 2.50 bits per heavy atom. The van der Waals surface area contributed by atoms with Gasteiger partial charge in [0.1, 0.15) is 10.7 Å². The average Bonchev–Trinajstić information content (AvgIpc) is 2.46. The van der Waals surface area contributed by atoms with Gasteiger partial charge in [0.25, 0.3) is 5.69 Å². The van der Waals surface area contributed by atoms with Gasteiger partial charge in [-0.3, -0.25) is 10.1 Å². The molecule has 0 bridgehead atoms. The Hall–Kier alpha value is -2.54. The smallest absolute Gasteiger partial charge is 0.342 e. The number of nitro groups is 1. The molecule has 0 radical (unpaired) electrons. The highest BCUT2D eigenvalue weighted by molar-refractivity contribution is 6.32. The van der Waals surface area contributed by atoms with Crippen molar-refractivity contribution in [2.24, 2.45) is 0 Å². The Morgan fingerprint density at radius 2 is 2.00 bits per heavy atom. The predicted molar refractivity (Wildman–Crippen MR) is 70.5 cm³/mol. The van der Waals surface area contributed by atoms with E-state index in [0.29, 0.717) is 5.56 Å². The van der Waals surface area contributed by atoms with Gasteiger partial charge in [0.15, 0.2) is 5.82 Å². The molecule has 0 atom stereocenters. The molecule has 0 amide bonds. The minimum absolute atomic E-state index is 0.0361. The molecular weight excluding hydrogens is 286 g/mol. The van der Waals surface area contributed by atoms with Gasteiger partial charge in [-0.05, 0) is 12.1 Å². The third-order valence-corrected chi connectivity index (χ3v) is 2.77. The number of aromatic nitrogens is 2. The number of nitrogens with zero attached hydrogens (tertiary/aromatic N) is 3. The lowest BCUT2D eigenvalue weighted by atomic mass is 10.2. The molecule has 1 aromatic heterocycles. The molecule has 2 aromatic rings. The van der Waals surface area contributed by atoms with Crippen molar-refractivity contribution in [3.05, 3.63) is 51.3 Å². The molecule has 2 rings (SSSR count). The van der Waals surface area contributed by atoms with Crippen molar-refractivity contribution >= 4 is 23.3 Å². The number of non-ortho nitro benzene ring substituents is 1. The number of carbonyl (C=O) groups is 1. The van der Waals surface area contributed by atoms with E-state index in [0.717, 1.165) is 0 Å². The van der Waals surface area contributed by atoms with Gasteiger partial charge in [-0.15, -0.1) is 0 Å². The van der Waals surface area contributed by atoms with Crippen LogP contribution in [0.1, 0.15) is 10.4 Å². The fourth-order valence-electron chi connectivity index (χ4n) is 1.48. The second-order valence-corrected chi connectivity index (χ2v) is 4.05. The average molecular weight is 294 g/mol. The molecule has 1 heterocycles. The highest BCUT2D eigenvalue weighted by Gasteiger charge is 2.14. The van der Waals surface area contributed by atoms with Crippen LogP contribution in [0.2, 0.25) is 5.15 Å². The summed E-state index contributed by atoms with van der Waals surface area (Å²) in [7, 11) is 1.23. The number of rotatable bonds is 3. The Morgan fingerprint density at radius 1 is 1.35 bits per heavy atom. The number of hydrogen-bond donors (Lipinski definition) is 0. The van der Waals surface area contributed by atoms with E-state index < -0.39 is 10.9 Å². The Labute approximate surface area is 118 Å². The number of hydrogen-bond acceptors (Lipinski definition) is 6. The molecule has 0 fully saturated rings. The van der Waals surface area contributed by atoms with Gasteiger partial charge in [0, 0.05) is 23.9 Å². The third-order valence-electron chi connectivity index (χ3n) is 2.48. The largest absolute Gasteiger partial charge is 0.465 e. The molecule has 1 aromatic carbocycles. The molecule has 0 aliphatic heterocycles. The summed E-state index contributed by atoms with van der Waals surface area (Å²) in [4.78, 5) is 29.4. The van der Waals surface area contributed by atoms with Crippen LogP contribution in [0.4, 0.5) is 5.69 Å². The van der Waals surface area contributed by atoms with Crippen LogP contribution >= 0.6 is 11.6 Å². The maximum absolute atomic E-state index is 11.3. The lowest BCUT2D eigenvalue weighted by Crippen LogP contribution is -2.05. The maximum atomic E-state index is 11.3. The van der Waals surface area contributed by atoms with Crippen LogP contribution in [0.15, 0.2) is 30.5 Å². The summed E-state index contributed by atoms with van der Waals surface area (Å²) in [6.07, 6.45) is 1.25. The van der Waals surface area contributed by atoms with Gasteiger partial charge in [0.05, 0.1) is 12.0 Å². The second-order valence-electron chi connectivity index (χ2n) is 3.69. The van der Waals surface area contributed by atoms with Gasteiger partial charge in [-0.25, -0.2) is 14.8 Å². The standard InChI is InChI=1S/C12H8ClN3O4/c1-20-12(17)9-6-14-11(15-10(9)13)7-2-4-8(5-3-7)16(18)19/h2-6H,1H3. The maximum Gasteiger partial charge on any atom is 0.342 e. The van der Waals surface area contributed by atoms with E-state index in [4.69, 9.17) is 11.6 Å². The zero-order valence-corrected chi connectivity index (χ0v) is 11.0. The van der Waals surface area contributed by atoms with E-state index in [1.54, 1.807) is 0 Å². The van der Waals surface area contributed by atoms with E-state index in [2.05, 4.69) is 14.7 Å². The van der Waals surface area contributed by atoms with Crippen LogP contribution in [-0.2, 0) is 4.74 Å². The van der Waals surface area contributed by atoms with Crippen molar-refractivity contribution < 1.29 is 14.5 Å². The zero-order chi connectivity index (χ0) is 14.7. The molecule has 0 aliphatic rings. The molecule has 0 saturated carbocycles. The predicted octanol–water partition coefficient (Wildman–Crippen LogP) is 2.49. The van der Waals surface area contributed by atoms with Crippen molar-refractivity contribution in [2.45, 2.75) is 0 Å². The summed E-state index contributed by atoms with van der Waals surface area (Å²) in [5.74, 6) is -0.372. The van der Waals surface area contributed by atoms with E-state index in [-0.39, 0.29) is 22.2 Å². The molecule has 0 unspecified atom stereocenters. The number of carbonyl (C=O) groups excluding carboxylic acids is 1. The van der Waals surface area contributed by atoms with E-state index in [1.165, 1.54) is 37.6 Å². The molecule has 0 spiro atoms. The van der Waals surface area contributed by atoms with Crippen LogP contribution in [0, 0.1) is 10.1 Å². The summed E-state index contributed by atoms with van der Waals surface area (Å²) in [5, 5.41) is 10.5. The summed E-state index contributed by atoms with van der Waals surface area (Å²) in [6, 6.07) is 5.67. The van der Waals surface area contributed by atoms with Gasteiger partial charge in [0.2, 0.25) is 0 Å². The number of esters is 1. The molecule has 20 heavy (non-hydrogen) atoms. The fraction of sp³-hybridized carbons (Fsp3) is 0.0833. The first-order valence-electron chi connectivity index (χ1n) is 5.38. The topological polar surface area (TPSA) is 95.2 Å². The molecule has 0 N–H and O–H groups in total. The van der Waals surface area contributed by atoms with E-state index >= 15 is 0 Å². The third kappa shape index (κ3) is 2.72. The fourth-order valence-corrected chi connectivity index (χ4v) is 1.69. The van der Waals surface area contributed by atoms with Crippen molar-refractivity contribution in [1.82, 2.24) is 9.97 Å². The quantitative estimate of drug-likeness (QED) is 0.373. The minimum Gasteiger partial charge on any atom is -0.465 e. The molecule has 0 aliphatic carbocycles. The van der Waals surface area contributed by atoms with Crippen LogP contribution in [0.5, 0.6) is 0 Å². The number of nitro benzene ring substituents is 1. The van der Waals surface area contributed by atoms with Gasteiger partial charge in [-0.1, -0.05) is 11.6 Å². The highest BCUT2D eigenvalue weighted by atomic mass is 35.5. The number of methoxy groups -OCH3 is 1. The number of halogens is 1. The molecule has 8 heteroatoms. The summed E-state index contributed by atoms with van der Waals surface area (Å²) in [6.45, 7) is 0. The Kier molecular flexibility index (Phi) is 3.90. The van der Waals surface area contributed by atoms with E-state index in [9.17, 15) is 14.9 Å². The molecular formula is C12H8ClN3O4. The summed E-state index contributed by atoms with van der Waals surface area (Å²) >= 11 is 5.87. The normalized spacial score (nSPS) is 10.1. The summed E-state index contributed by atoms with van der Waals surface area (Å²) < 4.78 is 4.53. The van der Waals surface area contributed by atoms with Gasteiger partial charge >= 0.3 is 5.97 Å². The highest BCUT2D eigenvalue weighted by Crippen LogP contribution is 2.22. The van der Waals surface area contributed by atoms with Gasteiger partial charge < -0.3 is 4.74 Å². The van der Waals surface area contributed by atoms with Crippen molar-refractivity contribution in [3.63, 3.8) is 0 Å². The van der Waals surface area contributed by atoms with Crippen LogP contribution < -0.4 is 0 Å². The van der Waals surface area contributed by atoms with Crippen molar-refractivity contribution in [1.29, 1.82) is 0 Å². The first-order valence-corrected chi connectivity index (χ1v) is 5.76. The lowest BCUT2D eigenvalue weighted by Gasteiger charge is -2.04. The minimum atomic E-state index is -0.634. The monoisotopic (exact) mass is 293 g/mol. The Balaban J connectivity index is 2.36. The SMILES string of the molecule is COC(=O)c1cnc(-c2ccc([N+](=O)[O-])cc2)nc1Cl. The molecule has 7 nitrogen and oxygen atoms in total. The zero-order valence-electron chi connectivity index (χ0n) is 10.2. The van der Waals surface area contributed by atoms with Crippen LogP contribution in [0.25, 0.3) is 11.4 Å². The van der Waals surface area contributed by atoms with Crippen LogP contribution in [-0.4, -0.2) is 28.0 Å². The second kappa shape index (κ2) is 5.62. The van der Waals surface area contributed by atoms with Crippen molar-refractivity contribution in [3.8, 4) is 11.4 Å². The number of ether oxygens (including phenoxy) is 1. The lowest BCUT2D eigenvalue weighted by molar-refractivity contribution is -0.384. The summed E-state index contributed by atoms with van der Waals surface area (Å²) in [5.41, 5.74) is 0.569. The van der Waals surface area contributed by atoms with Crippen LogP contribution in [0.3, 0.4) is 0 Å². The first kappa shape index (κ1) is 13.9. The first-order chi connectivity index (χ1) is 9.52.